The Morgan fingerprint density at radius 2 is 1.44 bits per heavy atom. The number of carbonyl (C=O) groups is 2. The van der Waals surface area contributed by atoms with E-state index in [1.807, 2.05) is 0 Å². The van der Waals surface area contributed by atoms with Gasteiger partial charge >= 0.3 is 11.9 Å². The van der Waals surface area contributed by atoms with Crippen LogP contribution in [0.5, 0.6) is 0 Å². The number of nitrogens with zero attached hydrogens (tertiary/aromatic N) is 1. The van der Waals surface area contributed by atoms with Gasteiger partial charge in [-0.25, -0.2) is 9.59 Å². The monoisotopic (exact) mass is 255 g/mol. The third kappa shape index (κ3) is 8.52. The van der Waals surface area contributed by atoms with Gasteiger partial charge in [0.15, 0.2) is 0 Å². The molecule has 0 atom stereocenters. The fourth-order valence-corrected chi connectivity index (χ4v) is 1.32. The van der Waals surface area contributed by atoms with Crippen molar-refractivity contribution in [2.45, 2.75) is 13.3 Å². The summed E-state index contributed by atoms with van der Waals surface area (Å²) in [6.07, 6.45) is 3.25. The Kier molecular flexibility index (Phi) is 9.58. The van der Waals surface area contributed by atoms with Crippen LogP contribution < -0.4 is 0 Å². The van der Waals surface area contributed by atoms with E-state index in [4.69, 9.17) is 9.47 Å². The Balaban J connectivity index is 3.83. The van der Waals surface area contributed by atoms with E-state index in [-0.39, 0.29) is 0 Å². The summed E-state index contributed by atoms with van der Waals surface area (Å²) in [4.78, 5) is 23.8. The predicted molar refractivity (Wildman–Crippen MR) is 69.0 cm³/mol. The van der Waals surface area contributed by atoms with Crippen LogP contribution in [0.3, 0.4) is 0 Å². The molecule has 5 nitrogen and oxygen atoms in total. The summed E-state index contributed by atoms with van der Waals surface area (Å²) >= 11 is 0. The van der Waals surface area contributed by atoms with Crippen LogP contribution in [0.2, 0.25) is 0 Å². The van der Waals surface area contributed by atoms with Crippen LogP contribution in [0.4, 0.5) is 0 Å². The van der Waals surface area contributed by atoms with Gasteiger partial charge in [-0.3, -0.25) is 4.90 Å². The summed E-state index contributed by atoms with van der Waals surface area (Å²) in [5.74, 6) is -0.853. The summed E-state index contributed by atoms with van der Waals surface area (Å²) in [5, 5.41) is 0. The summed E-state index contributed by atoms with van der Waals surface area (Å²) in [6.45, 7) is 11.4. The minimum absolute atomic E-state index is 0.306. The van der Waals surface area contributed by atoms with E-state index in [0.717, 1.165) is 25.1 Å². The van der Waals surface area contributed by atoms with E-state index in [1.54, 1.807) is 0 Å². The lowest BCUT2D eigenvalue weighted by atomic mass is 10.4. The maximum absolute atomic E-state index is 10.9. The van der Waals surface area contributed by atoms with Crippen LogP contribution in [0.25, 0.3) is 0 Å². The Morgan fingerprint density at radius 1 is 1.00 bits per heavy atom. The first kappa shape index (κ1) is 16.4. The average molecular weight is 255 g/mol. The minimum atomic E-state index is -0.426. The maximum atomic E-state index is 10.9. The van der Waals surface area contributed by atoms with Crippen LogP contribution in [0.1, 0.15) is 13.3 Å². The van der Waals surface area contributed by atoms with Gasteiger partial charge in [0.05, 0.1) is 0 Å². The van der Waals surface area contributed by atoms with Crippen molar-refractivity contribution in [2.24, 2.45) is 0 Å². The molecule has 0 N–H and O–H groups in total. The van der Waals surface area contributed by atoms with Crippen molar-refractivity contribution in [1.29, 1.82) is 0 Å². The second-order valence-electron chi connectivity index (χ2n) is 3.58. The zero-order chi connectivity index (χ0) is 13.8. The zero-order valence-corrected chi connectivity index (χ0v) is 10.9. The van der Waals surface area contributed by atoms with Gasteiger partial charge in [0.1, 0.15) is 13.2 Å². The quantitative estimate of drug-likeness (QED) is 0.433. The predicted octanol–water partition coefficient (Wildman–Crippen LogP) is 1.16. The molecule has 0 unspecified atom stereocenters. The van der Waals surface area contributed by atoms with Crippen molar-refractivity contribution in [3.63, 3.8) is 0 Å². The number of hydrogen-bond donors (Lipinski definition) is 0. The van der Waals surface area contributed by atoms with Crippen LogP contribution in [-0.4, -0.2) is 49.7 Å². The van der Waals surface area contributed by atoms with Gasteiger partial charge in [-0.05, 0) is 13.0 Å². The molecule has 0 aliphatic carbocycles. The van der Waals surface area contributed by atoms with E-state index >= 15 is 0 Å². The second kappa shape index (κ2) is 10.5. The Bertz CT molecular complexity index is 263. The molecule has 0 fully saturated rings. The highest BCUT2D eigenvalue weighted by Crippen LogP contribution is 1.93. The first-order chi connectivity index (χ1) is 8.63. The van der Waals surface area contributed by atoms with Crippen molar-refractivity contribution in [2.75, 3.05) is 32.8 Å². The summed E-state index contributed by atoms with van der Waals surface area (Å²) in [5.41, 5.74) is 0. The van der Waals surface area contributed by atoms with Gasteiger partial charge in [-0.15, -0.1) is 0 Å². The van der Waals surface area contributed by atoms with Crippen molar-refractivity contribution in [3.05, 3.63) is 25.3 Å². The number of esters is 2. The number of carbonyl (C=O) groups excluding carboxylic acids is 2. The molecule has 0 heterocycles. The molecule has 18 heavy (non-hydrogen) atoms. The molecule has 0 aromatic carbocycles. The second-order valence-corrected chi connectivity index (χ2v) is 3.58. The topological polar surface area (TPSA) is 55.8 Å². The third-order valence-corrected chi connectivity index (χ3v) is 2.18. The molecule has 0 amide bonds. The minimum Gasteiger partial charge on any atom is -0.461 e. The standard InChI is InChI=1S/C13H21NO4/c1-4-7-14(8-10-17-12(15)5-2)9-11-18-13(16)6-3/h5-6H,2-4,7-11H2,1H3. The van der Waals surface area contributed by atoms with Crippen LogP contribution in [-0.2, 0) is 19.1 Å². The van der Waals surface area contributed by atoms with Crippen molar-refractivity contribution in [1.82, 2.24) is 4.90 Å². The van der Waals surface area contributed by atoms with Crippen LogP contribution in [0.15, 0.2) is 25.3 Å². The molecule has 5 heteroatoms. The van der Waals surface area contributed by atoms with Gasteiger partial charge in [-0.1, -0.05) is 20.1 Å². The summed E-state index contributed by atoms with van der Waals surface area (Å²) < 4.78 is 9.79. The SMILES string of the molecule is C=CC(=O)OCCN(CCC)CCOC(=O)C=C. The van der Waals surface area contributed by atoms with E-state index in [0.29, 0.717) is 26.3 Å². The van der Waals surface area contributed by atoms with Gasteiger partial charge in [0, 0.05) is 25.2 Å². The highest BCUT2D eigenvalue weighted by atomic mass is 16.5. The number of hydrogen-bond acceptors (Lipinski definition) is 5. The number of rotatable bonds is 10. The first-order valence-corrected chi connectivity index (χ1v) is 5.94. The van der Waals surface area contributed by atoms with Gasteiger partial charge in [-0.2, -0.15) is 0 Å². The smallest absolute Gasteiger partial charge is 0.330 e. The van der Waals surface area contributed by atoms with E-state index in [2.05, 4.69) is 25.0 Å². The van der Waals surface area contributed by atoms with Crippen LogP contribution in [0, 0.1) is 0 Å². The largest absolute Gasteiger partial charge is 0.461 e. The molecule has 0 saturated carbocycles. The lowest BCUT2D eigenvalue weighted by molar-refractivity contribution is -0.138. The summed E-state index contributed by atoms with van der Waals surface area (Å²) in [6, 6.07) is 0. The average Bonchev–Trinajstić information content (AvgIpc) is 2.38. The lowest BCUT2D eigenvalue weighted by Gasteiger charge is -2.20. The molecule has 0 aliphatic rings. The molecule has 0 aromatic heterocycles. The molecular weight excluding hydrogens is 234 g/mol. The fourth-order valence-electron chi connectivity index (χ4n) is 1.32. The zero-order valence-electron chi connectivity index (χ0n) is 10.9. The maximum Gasteiger partial charge on any atom is 0.330 e. The molecule has 0 radical (unpaired) electrons. The Hall–Kier alpha value is -1.62. The normalized spacial score (nSPS) is 9.89. The molecule has 0 saturated heterocycles. The molecule has 0 bridgehead atoms. The Morgan fingerprint density at radius 3 is 1.78 bits per heavy atom. The van der Waals surface area contributed by atoms with Gasteiger partial charge < -0.3 is 9.47 Å². The van der Waals surface area contributed by atoms with E-state index < -0.39 is 11.9 Å². The molecule has 0 aliphatic heterocycles. The first-order valence-electron chi connectivity index (χ1n) is 5.94. The summed E-state index contributed by atoms with van der Waals surface area (Å²) in [7, 11) is 0. The lowest BCUT2D eigenvalue weighted by Crippen LogP contribution is -2.32. The fraction of sp³-hybridized carbons (Fsp3) is 0.538. The highest BCUT2D eigenvalue weighted by Gasteiger charge is 2.06. The van der Waals surface area contributed by atoms with Crippen molar-refractivity contribution in [3.8, 4) is 0 Å². The molecular formula is C13H21NO4. The molecule has 0 spiro atoms. The van der Waals surface area contributed by atoms with Crippen molar-refractivity contribution >= 4 is 11.9 Å². The van der Waals surface area contributed by atoms with Gasteiger partial charge in [0.25, 0.3) is 0 Å². The van der Waals surface area contributed by atoms with E-state index in [1.165, 1.54) is 0 Å². The van der Waals surface area contributed by atoms with Crippen molar-refractivity contribution < 1.29 is 19.1 Å². The van der Waals surface area contributed by atoms with Gasteiger partial charge in [0.2, 0.25) is 0 Å². The Labute approximate surface area is 108 Å². The number of ether oxygens (including phenoxy) is 2. The highest BCUT2D eigenvalue weighted by molar-refractivity contribution is 5.81. The van der Waals surface area contributed by atoms with E-state index in [9.17, 15) is 9.59 Å². The van der Waals surface area contributed by atoms with Crippen LogP contribution >= 0.6 is 0 Å². The third-order valence-electron chi connectivity index (χ3n) is 2.18. The molecule has 0 rings (SSSR count). The molecule has 102 valence electrons. The molecule has 0 aromatic rings.